The van der Waals surface area contributed by atoms with Crippen molar-refractivity contribution >= 4 is 27.5 Å². The summed E-state index contributed by atoms with van der Waals surface area (Å²) in [6.45, 7) is 1.96. The van der Waals surface area contributed by atoms with Crippen LogP contribution in [0.5, 0.6) is 0 Å². The SMILES string of the molecule is Cc1cc(-c2cccnc2)nc2c(C(=O)O)csc12. The molecule has 0 aliphatic rings. The zero-order chi connectivity index (χ0) is 13.4. The highest BCUT2D eigenvalue weighted by Crippen LogP contribution is 2.30. The van der Waals surface area contributed by atoms with E-state index >= 15 is 0 Å². The molecule has 0 amide bonds. The van der Waals surface area contributed by atoms with Gasteiger partial charge in [-0.1, -0.05) is 0 Å². The third-order valence-corrected chi connectivity index (χ3v) is 4.00. The van der Waals surface area contributed by atoms with Crippen LogP contribution < -0.4 is 0 Å². The molecule has 0 atom stereocenters. The van der Waals surface area contributed by atoms with Crippen molar-refractivity contribution in [2.45, 2.75) is 6.92 Å². The number of rotatable bonds is 2. The van der Waals surface area contributed by atoms with Crippen LogP contribution in [0.1, 0.15) is 15.9 Å². The van der Waals surface area contributed by atoms with Crippen LogP contribution in [-0.2, 0) is 0 Å². The number of aryl methyl sites for hydroxylation is 1. The van der Waals surface area contributed by atoms with Crippen molar-refractivity contribution in [3.63, 3.8) is 0 Å². The number of carboxylic acids is 1. The Kier molecular flexibility index (Phi) is 2.76. The Hall–Kier alpha value is -2.27. The van der Waals surface area contributed by atoms with Crippen LogP contribution in [0.3, 0.4) is 0 Å². The number of hydrogen-bond acceptors (Lipinski definition) is 4. The van der Waals surface area contributed by atoms with Crippen LogP contribution in [0.15, 0.2) is 36.0 Å². The van der Waals surface area contributed by atoms with Gasteiger partial charge in [0.25, 0.3) is 0 Å². The van der Waals surface area contributed by atoms with E-state index in [1.54, 1.807) is 17.8 Å². The van der Waals surface area contributed by atoms with Crippen molar-refractivity contribution in [1.82, 2.24) is 9.97 Å². The van der Waals surface area contributed by atoms with Crippen molar-refractivity contribution in [2.24, 2.45) is 0 Å². The van der Waals surface area contributed by atoms with Crippen molar-refractivity contribution in [2.75, 3.05) is 0 Å². The van der Waals surface area contributed by atoms with Gasteiger partial charge in [0, 0.05) is 23.3 Å². The molecule has 3 aromatic heterocycles. The van der Waals surface area contributed by atoms with Gasteiger partial charge < -0.3 is 5.11 Å². The molecule has 0 bridgehead atoms. The average Bonchev–Trinajstić information content (AvgIpc) is 2.84. The second-order valence-corrected chi connectivity index (χ2v) is 5.08. The number of hydrogen-bond donors (Lipinski definition) is 1. The second kappa shape index (κ2) is 4.44. The summed E-state index contributed by atoms with van der Waals surface area (Å²) in [4.78, 5) is 19.7. The summed E-state index contributed by atoms with van der Waals surface area (Å²) in [5.74, 6) is -0.943. The lowest BCUT2D eigenvalue weighted by molar-refractivity contribution is 0.0699. The standard InChI is InChI=1S/C14H10N2O2S/c1-8-5-11(9-3-2-4-15-6-9)16-12-10(14(17)18)7-19-13(8)12/h2-7H,1H3,(H,17,18). The quantitative estimate of drug-likeness (QED) is 0.775. The molecule has 4 nitrogen and oxygen atoms in total. The zero-order valence-corrected chi connectivity index (χ0v) is 10.9. The molecule has 0 saturated carbocycles. The zero-order valence-electron chi connectivity index (χ0n) is 10.1. The Balaban J connectivity index is 2.28. The smallest absolute Gasteiger partial charge is 0.338 e. The van der Waals surface area contributed by atoms with Gasteiger partial charge in [0.05, 0.1) is 21.5 Å². The average molecular weight is 270 g/mol. The van der Waals surface area contributed by atoms with E-state index in [2.05, 4.69) is 9.97 Å². The van der Waals surface area contributed by atoms with Crippen LogP contribution in [-0.4, -0.2) is 21.0 Å². The summed E-state index contributed by atoms with van der Waals surface area (Å²) in [6.07, 6.45) is 3.42. The lowest BCUT2D eigenvalue weighted by Gasteiger charge is -2.03. The second-order valence-electron chi connectivity index (χ2n) is 4.20. The van der Waals surface area contributed by atoms with E-state index in [1.165, 1.54) is 11.3 Å². The number of fused-ring (bicyclic) bond motifs is 1. The molecule has 0 radical (unpaired) electrons. The predicted molar refractivity (Wildman–Crippen MR) is 74.5 cm³/mol. The number of aromatic carboxylic acids is 1. The van der Waals surface area contributed by atoms with Crippen LogP contribution >= 0.6 is 11.3 Å². The van der Waals surface area contributed by atoms with E-state index in [4.69, 9.17) is 0 Å². The van der Waals surface area contributed by atoms with Crippen molar-refractivity contribution < 1.29 is 9.90 Å². The molecule has 5 heteroatoms. The molecular formula is C14H10N2O2S. The molecule has 94 valence electrons. The largest absolute Gasteiger partial charge is 0.478 e. The Morgan fingerprint density at radius 1 is 1.42 bits per heavy atom. The minimum atomic E-state index is -0.943. The van der Waals surface area contributed by atoms with E-state index < -0.39 is 5.97 Å². The number of nitrogens with zero attached hydrogens (tertiary/aromatic N) is 2. The summed E-state index contributed by atoms with van der Waals surface area (Å²) in [6, 6.07) is 5.71. The first-order valence-electron chi connectivity index (χ1n) is 5.69. The van der Waals surface area contributed by atoms with Gasteiger partial charge in [-0.05, 0) is 30.7 Å². The molecule has 0 aromatic carbocycles. The molecule has 19 heavy (non-hydrogen) atoms. The van der Waals surface area contributed by atoms with Gasteiger partial charge in [-0.15, -0.1) is 11.3 Å². The van der Waals surface area contributed by atoms with E-state index in [9.17, 15) is 9.90 Å². The van der Waals surface area contributed by atoms with E-state index in [1.807, 2.05) is 25.1 Å². The lowest BCUT2D eigenvalue weighted by atomic mass is 10.1. The molecule has 0 aliphatic heterocycles. The molecule has 0 spiro atoms. The summed E-state index contributed by atoms with van der Waals surface area (Å²) in [5.41, 5.74) is 3.47. The number of pyridine rings is 2. The summed E-state index contributed by atoms with van der Waals surface area (Å²) in [7, 11) is 0. The topological polar surface area (TPSA) is 63.1 Å². The third-order valence-electron chi connectivity index (χ3n) is 2.90. The van der Waals surface area contributed by atoms with E-state index in [0.717, 1.165) is 21.5 Å². The number of carbonyl (C=O) groups is 1. The van der Waals surface area contributed by atoms with Gasteiger partial charge in [-0.2, -0.15) is 0 Å². The molecule has 3 heterocycles. The van der Waals surface area contributed by atoms with Crippen LogP contribution in [0.2, 0.25) is 0 Å². The van der Waals surface area contributed by atoms with E-state index in [0.29, 0.717) is 5.52 Å². The monoisotopic (exact) mass is 270 g/mol. The van der Waals surface area contributed by atoms with Gasteiger partial charge in [-0.25, -0.2) is 9.78 Å². The number of carboxylic acid groups (broad SMARTS) is 1. The minimum absolute atomic E-state index is 0.258. The fourth-order valence-electron chi connectivity index (χ4n) is 1.98. The Labute approximate surface area is 113 Å². The van der Waals surface area contributed by atoms with Crippen molar-refractivity contribution in [1.29, 1.82) is 0 Å². The third kappa shape index (κ3) is 1.98. The molecule has 0 saturated heterocycles. The molecule has 3 aromatic rings. The predicted octanol–water partition coefficient (Wildman–Crippen LogP) is 3.36. The van der Waals surface area contributed by atoms with Crippen LogP contribution in [0, 0.1) is 6.92 Å². The fraction of sp³-hybridized carbons (Fsp3) is 0.0714. The maximum absolute atomic E-state index is 11.2. The highest BCUT2D eigenvalue weighted by molar-refractivity contribution is 7.17. The van der Waals surface area contributed by atoms with Crippen LogP contribution in [0.4, 0.5) is 0 Å². The maximum Gasteiger partial charge on any atom is 0.338 e. The van der Waals surface area contributed by atoms with Gasteiger partial charge in [-0.3, -0.25) is 4.98 Å². The number of thiophene rings is 1. The van der Waals surface area contributed by atoms with Gasteiger partial charge in [0.1, 0.15) is 0 Å². The molecule has 1 N–H and O–H groups in total. The number of aromatic nitrogens is 2. The molecule has 0 fully saturated rings. The normalized spacial score (nSPS) is 10.8. The first-order valence-corrected chi connectivity index (χ1v) is 6.57. The highest BCUT2D eigenvalue weighted by Gasteiger charge is 2.15. The molecule has 0 aliphatic carbocycles. The van der Waals surface area contributed by atoms with Gasteiger partial charge >= 0.3 is 5.97 Å². The lowest BCUT2D eigenvalue weighted by Crippen LogP contribution is -1.96. The summed E-state index contributed by atoms with van der Waals surface area (Å²) < 4.78 is 0.921. The molecule has 0 unspecified atom stereocenters. The summed E-state index contributed by atoms with van der Waals surface area (Å²) in [5, 5.41) is 10.8. The first kappa shape index (κ1) is 11.8. The molecule has 3 rings (SSSR count). The van der Waals surface area contributed by atoms with Crippen LogP contribution in [0.25, 0.3) is 21.5 Å². The van der Waals surface area contributed by atoms with Gasteiger partial charge in [0.15, 0.2) is 0 Å². The Morgan fingerprint density at radius 3 is 2.95 bits per heavy atom. The fourth-order valence-corrected chi connectivity index (χ4v) is 2.94. The molecular weight excluding hydrogens is 260 g/mol. The van der Waals surface area contributed by atoms with E-state index in [-0.39, 0.29) is 5.56 Å². The Morgan fingerprint density at radius 2 is 2.26 bits per heavy atom. The van der Waals surface area contributed by atoms with Crippen molar-refractivity contribution in [3.8, 4) is 11.3 Å². The maximum atomic E-state index is 11.2. The highest BCUT2D eigenvalue weighted by atomic mass is 32.1. The van der Waals surface area contributed by atoms with Gasteiger partial charge in [0.2, 0.25) is 0 Å². The minimum Gasteiger partial charge on any atom is -0.478 e. The summed E-state index contributed by atoms with van der Waals surface area (Å²) >= 11 is 1.41. The Bertz CT molecular complexity index is 766. The first-order chi connectivity index (χ1) is 9.16. The van der Waals surface area contributed by atoms with Crippen molar-refractivity contribution in [3.05, 3.63) is 47.1 Å².